The first-order chi connectivity index (χ1) is 14.5. The number of rotatable bonds is 4. The van der Waals surface area contributed by atoms with E-state index in [0.29, 0.717) is 30.2 Å². The molecule has 0 N–H and O–H groups in total. The van der Waals surface area contributed by atoms with Gasteiger partial charge in [-0.3, -0.25) is 4.79 Å². The van der Waals surface area contributed by atoms with E-state index in [-0.39, 0.29) is 17.6 Å². The van der Waals surface area contributed by atoms with E-state index in [1.165, 1.54) is 0 Å². The molecular formula is C24H23NO5. The van der Waals surface area contributed by atoms with Gasteiger partial charge in [0.05, 0.1) is 5.56 Å². The number of para-hydroxylation sites is 1. The first-order valence-corrected chi connectivity index (χ1v) is 10.0. The van der Waals surface area contributed by atoms with Gasteiger partial charge >= 0.3 is 6.09 Å². The summed E-state index contributed by atoms with van der Waals surface area (Å²) < 4.78 is 17.1. The van der Waals surface area contributed by atoms with E-state index < -0.39 is 6.09 Å². The molecule has 1 amide bonds. The van der Waals surface area contributed by atoms with Crippen LogP contribution < -0.4 is 14.2 Å². The quantitative estimate of drug-likeness (QED) is 0.681. The Kier molecular flexibility index (Phi) is 5.31. The van der Waals surface area contributed by atoms with E-state index in [2.05, 4.69) is 0 Å². The number of allylic oxidation sites excluding steroid dienone is 1. The highest BCUT2D eigenvalue weighted by Crippen LogP contribution is 2.36. The van der Waals surface area contributed by atoms with Gasteiger partial charge < -0.3 is 19.1 Å². The van der Waals surface area contributed by atoms with Crippen molar-refractivity contribution in [1.29, 1.82) is 0 Å². The van der Waals surface area contributed by atoms with Gasteiger partial charge in [-0.2, -0.15) is 0 Å². The van der Waals surface area contributed by atoms with Crippen molar-refractivity contribution in [3.05, 3.63) is 71.0 Å². The minimum absolute atomic E-state index is 0.210. The second-order valence-corrected chi connectivity index (χ2v) is 7.08. The maximum Gasteiger partial charge on any atom is 0.415 e. The molecule has 2 aromatic rings. The zero-order chi connectivity index (χ0) is 21.3. The average Bonchev–Trinajstić information content (AvgIpc) is 3.04. The first kappa shape index (κ1) is 19.8. The summed E-state index contributed by atoms with van der Waals surface area (Å²) in [6.45, 7) is 6.81. The van der Waals surface area contributed by atoms with Gasteiger partial charge in [-0.1, -0.05) is 18.2 Å². The third-order valence-electron chi connectivity index (χ3n) is 5.18. The highest BCUT2D eigenvalue weighted by Gasteiger charge is 2.29. The molecule has 0 saturated carbocycles. The number of amides is 1. The molecule has 0 unspecified atom stereocenters. The molecule has 0 spiro atoms. The lowest BCUT2D eigenvalue weighted by Gasteiger charge is -2.22. The lowest BCUT2D eigenvalue weighted by molar-refractivity contribution is 0.101. The Morgan fingerprint density at radius 3 is 2.67 bits per heavy atom. The average molecular weight is 405 g/mol. The van der Waals surface area contributed by atoms with Crippen LogP contribution in [0.15, 0.2) is 59.9 Å². The van der Waals surface area contributed by atoms with Crippen LogP contribution in [0.1, 0.15) is 36.7 Å². The minimum atomic E-state index is -0.433. The number of ketones is 1. The summed E-state index contributed by atoms with van der Waals surface area (Å²) in [5.74, 6) is 1.54. The van der Waals surface area contributed by atoms with E-state index in [0.717, 1.165) is 16.9 Å². The van der Waals surface area contributed by atoms with Crippen LogP contribution in [0.4, 0.5) is 4.79 Å². The van der Waals surface area contributed by atoms with E-state index in [1.807, 2.05) is 51.1 Å². The maximum atomic E-state index is 12.8. The molecule has 0 saturated heterocycles. The van der Waals surface area contributed by atoms with Crippen molar-refractivity contribution < 1.29 is 23.8 Å². The number of benzene rings is 2. The van der Waals surface area contributed by atoms with Gasteiger partial charge in [-0.25, -0.2) is 4.79 Å². The van der Waals surface area contributed by atoms with Crippen molar-refractivity contribution in [2.75, 3.05) is 13.1 Å². The van der Waals surface area contributed by atoms with Crippen molar-refractivity contribution in [3.8, 4) is 17.2 Å². The topological polar surface area (TPSA) is 65.1 Å². The molecule has 0 aromatic heterocycles. The number of carbonyl (C=O) groups excluding carboxylic acids is 2. The lowest BCUT2D eigenvalue weighted by Crippen LogP contribution is -2.33. The smallest absolute Gasteiger partial charge is 0.415 e. The number of hydrogen-bond donors (Lipinski definition) is 0. The highest BCUT2D eigenvalue weighted by molar-refractivity contribution is 6.12. The largest absolute Gasteiger partial charge is 0.485 e. The third-order valence-corrected chi connectivity index (χ3v) is 5.18. The Labute approximate surface area is 175 Å². The summed E-state index contributed by atoms with van der Waals surface area (Å²) in [6.07, 6.45) is 3.06. The minimum Gasteiger partial charge on any atom is -0.485 e. The second-order valence-electron chi connectivity index (χ2n) is 7.08. The lowest BCUT2D eigenvalue weighted by atomic mass is 10.0. The molecule has 0 aliphatic carbocycles. The van der Waals surface area contributed by atoms with Gasteiger partial charge in [0.1, 0.15) is 23.4 Å². The Balaban J connectivity index is 1.57. The van der Waals surface area contributed by atoms with E-state index in [1.54, 1.807) is 29.2 Å². The van der Waals surface area contributed by atoms with Crippen LogP contribution in [0.3, 0.4) is 0 Å². The number of fused-ring (bicyclic) bond motifs is 2. The van der Waals surface area contributed by atoms with Gasteiger partial charge in [-0.05, 0) is 56.7 Å². The number of nitrogens with zero attached hydrogens (tertiary/aromatic N) is 1. The van der Waals surface area contributed by atoms with Gasteiger partial charge in [-0.15, -0.1) is 0 Å². The summed E-state index contributed by atoms with van der Waals surface area (Å²) in [7, 11) is 0. The fourth-order valence-electron chi connectivity index (χ4n) is 3.45. The molecule has 2 heterocycles. The van der Waals surface area contributed by atoms with E-state index in [9.17, 15) is 9.59 Å². The third kappa shape index (κ3) is 3.68. The maximum absolute atomic E-state index is 12.8. The number of carbonyl (C=O) groups is 2. The van der Waals surface area contributed by atoms with Crippen molar-refractivity contribution in [1.82, 2.24) is 4.90 Å². The fourth-order valence-corrected chi connectivity index (χ4v) is 3.45. The Hall–Kier alpha value is -3.54. The Morgan fingerprint density at radius 2 is 1.90 bits per heavy atom. The van der Waals surface area contributed by atoms with Crippen LogP contribution in [-0.4, -0.2) is 36.0 Å². The fraction of sp³-hybridized carbons (Fsp3) is 0.250. The zero-order valence-electron chi connectivity index (χ0n) is 17.2. The summed E-state index contributed by atoms with van der Waals surface area (Å²) in [6, 6.07) is 12.5. The highest BCUT2D eigenvalue weighted by atomic mass is 16.6. The molecule has 0 fully saturated rings. The normalized spacial score (nSPS) is 18.1. The summed E-state index contributed by atoms with van der Waals surface area (Å²) in [4.78, 5) is 26.5. The monoisotopic (exact) mass is 405 g/mol. The predicted octanol–water partition coefficient (Wildman–Crippen LogP) is 4.85. The predicted molar refractivity (Wildman–Crippen MR) is 113 cm³/mol. The van der Waals surface area contributed by atoms with Crippen molar-refractivity contribution in [2.45, 2.75) is 26.9 Å². The van der Waals surface area contributed by atoms with E-state index in [4.69, 9.17) is 14.2 Å². The number of Topliss-reactive ketones (excluding diaryl/α,β-unsaturated/α-hetero) is 1. The van der Waals surface area contributed by atoms with Crippen LogP contribution in [0.25, 0.3) is 6.08 Å². The molecule has 2 aromatic carbocycles. The van der Waals surface area contributed by atoms with Crippen LogP contribution >= 0.6 is 0 Å². The molecular weight excluding hydrogens is 382 g/mol. The number of hydrogen-bond acceptors (Lipinski definition) is 5. The standard InChI is InChI=1S/C24H23NO5/c1-4-25(5-2)24(27)29-18-10-11-19-21(14-18)30-22(23(19)26)13-17-12-16-8-6-7-9-20(16)28-15(17)3/h6-15H,4-5H2,1-3H3/t15-/m0/s1. The van der Waals surface area contributed by atoms with Crippen molar-refractivity contribution in [2.24, 2.45) is 0 Å². The molecule has 2 aliphatic rings. The van der Waals surface area contributed by atoms with Crippen LogP contribution in [0.2, 0.25) is 0 Å². The molecule has 30 heavy (non-hydrogen) atoms. The van der Waals surface area contributed by atoms with Crippen LogP contribution in [-0.2, 0) is 0 Å². The van der Waals surface area contributed by atoms with Gasteiger partial charge in [0, 0.05) is 24.7 Å². The molecule has 4 rings (SSSR count). The SMILES string of the molecule is CCN(CC)C(=O)Oc1ccc2c(c1)OC(=CC1=Cc3ccccc3O[C@H]1C)C2=O. The van der Waals surface area contributed by atoms with Gasteiger partial charge in [0.15, 0.2) is 5.76 Å². The Morgan fingerprint density at radius 1 is 1.13 bits per heavy atom. The van der Waals surface area contributed by atoms with Gasteiger partial charge in [0.2, 0.25) is 5.78 Å². The zero-order valence-corrected chi connectivity index (χ0v) is 17.2. The number of ether oxygens (including phenoxy) is 3. The summed E-state index contributed by atoms with van der Waals surface area (Å²) in [5, 5.41) is 0. The molecule has 2 aliphatic heterocycles. The molecule has 0 bridgehead atoms. The van der Waals surface area contributed by atoms with Crippen LogP contribution in [0, 0.1) is 0 Å². The summed E-state index contributed by atoms with van der Waals surface area (Å²) >= 11 is 0. The molecule has 6 heteroatoms. The molecule has 154 valence electrons. The van der Waals surface area contributed by atoms with Crippen molar-refractivity contribution >= 4 is 18.0 Å². The summed E-state index contributed by atoms with van der Waals surface area (Å²) in [5.41, 5.74) is 2.24. The van der Waals surface area contributed by atoms with Crippen molar-refractivity contribution in [3.63, 3.8) is 0 Å². The first-order valence-electron chi connectivity index (χ1n) is 10.0. The molecule has 1 atom stereocenters. The molecule has 0 radical (unpaired) electrons. The Bertz CT molecular complexity index is 1070. The van der Waals surface area contributed by atoms with Gasteiger partial charge in [0.25, 0.3) is 0 Å². The van der Waals surface area contributed by atoms with E-state index >= 15 is 0 Å². The van der Waals surface area contributed by atoms with Crippen LogP contribution in [0.5, 0.6) is 17.2 Å². The molecule has 6 nitrogen and oxygen atoms in total. The second kappa shape index (κ2) is 8.06.